The van der Waals surface area contributed by atoms with Gasteiger partial charge in [0.25, 0.3) is 0 Å². The average molecular weight is 510 g/mol. The Bertz CT molecular complexity index is 936. The van der Waals surface area contributed by atoms with E-state index < -0.39 is 35.1 Å². The average Bonchev–Trinajstić information content (AvgIpc) is 3.06. The Balaban J connectivity index is 0.00000324. The fourth-order valence-electron chi connectivity index (χ4n) is 5.21. The number of halogens is 7. The molecule has 0 radical (unpaired) electrons. The van der Waals surface area contributed by atoms with Crippen molar-refractivity contribution in [3.05, 3.63) is 70.8 Å². The minimum absolute atomic E-state index is 0. The zero-order valence-corrected chi connectivity index (χ0v) is 19.2. The molecule has 0 saturated carbocycles. The van der Waals surface area contributed by atoms with Gasteiger partial charge < -0.3 is 14.8 Å². The van der Waals surface area contributed by atoms with Crippen molar-refractivity contribution in [2.24, 2.45) is 5.92 Å². The quantitative estimate of drug-likeness (QED) is 0.461. The van der Waals surface area contributed by atoms with Gasteiger partial charge in [-0.3, -0.25) is 0 Å². The molecule has 188 valence electrons. The van der Waals surface area contributed by atoms with E-state index in [4.69, 9.17) is 9.47 Å². The van der Waals surface area contributed by atoms with Gasteiger partial charge in [0, 0.05) is 13.2 Å². The van der Waals surface area contributed by atoms with Crippen LogP contribution < -0.4 is 5.32 Å². The summed E-state index contributed by atoms with van der Waals surface area (Å²) >= 11 is 0. The van der Waals surface area contributed by atoms with E-state index in [0.29, 0.717) is 19.4 Å². The number of methoxy groups -OCH3 is 1. The van der Waals surface area contributed by atoms with Crippen LogP contribution in [0.4, 0.5) is 26.3 Å². The molecule has 0 unspecified atom stereocenters. The molecule has 0 amide bonds. The molecule has 2 saturated heterocycles. The lowest BCUT2D eigenvalue weighted by molar-refractivity contribution is -0.143. The van der Waals surface area contributed by atoms with Gasteiger partial charge in [0.05, 0.1) is 36.0 Å². The van der Waals surface area contributed by atoms with E-state index in [1.165, 1.54) is 0 Å². The molecular weight excluding hydrogens is 484 g/mol. The molecule has 3 nitrogen and oxygen atoms in total. The first-order valence-corrected chi connectivity index (χ1v) is 10.7. The van der Waals surface area contributed by atoms with Crippen LogP contribution in [0.3, 0.4) is 0 Å². The first-order chi connectivity index (χ1) is 15.5. The van der Waals surface area contributed by atoms with Crippen LogP contribution in [0, 0.1) is 5.92 Å². The number of nitrogens with one attached hydrogen (secondary N) is 1. The van der Waals surface area contributed by atoms with Crippen LogP contribution in [0.25, 0.3) is 0 Å². The van der Waals surface area contributed by atoms with Crippen LogP contribution in [0.15, 0.2) is 48.5 Å². The fourth-order valence-corrected chi connectivity index (χ4v) is 5.21. The van der Waals surface area contributed by atoms with Crippen molar-refractivity contribution in [3.8, 4) is 0 Å². The third-order valence-corrected chi connectivity index (χ3v) is 6.65. The smallest absolute Gasteiger partial charge is 0.384 e. The van der Waals surface area contributed by atoms with Crippen molar-refractivity contribution in [3.63, 3.8) is 0 Å². The molecule has 2 bridgehead atoms. The molecule has 2 aromatic rings. The van der Waals surface area contributed by atoms with Crippen molar-refractivity contribution in [1.82, 2.24) is 5.32 Å². The van der Waals surface area contributed by atoms with Crippen molar-refractivity contribution >= 4 is 12.4 Å². The summed E-state index contributed by atoms with van der Waals surface area (Å²) in [6, 6.07) is 11.4. The van der Waals surface area contributed by atoms with Crippen molar-refractivity contribution < 1.29 is 35.8 Å². The first-order valence-electron chi connectivity index (χ1n) is 10.7. The number of ether oxygens (including phenoxy) is 2. The monoisotopic (exact) mass is 509 g/mol. The summed E-state index contributed by atoms with van der Waals surface area (Å²) < 4.78 is 90.8. The molecule has 2 aliphatic heterocycles. The molecule has 10 heteroatoms. The number of fused-ring (bicyclic) bond motifs is 2. The van der Waals surface area contributed by atoms with Crippen LogP contribution in [0.2, 0.25) is 0 Å². The molecule has 34 heavy (non-hydrogen) atoms. The van der Waals surface area contributed by atoms with E-state index in [2.05, 4.69) is 5.32 Å². The van der Waals surface area contributed by atoms with E-state index in [0.717, 1.165) is 24.1 Å². The van der Waals surface area contributed by atoms with Crippen LogP contribution in [-0.2, 0) is 34.0 Å². The highest BCUT2D eigenvalue weighted by Crippen LogP contribution is 2.47. The Hall–Kier alpha value is -1.81. The third kappa shape index (κ3) is 5.37. The van der Waals surface area contributed by atoms with E-state index >= 15 is 0 Å². The third-order valence-electron chi connectivity index (χ3n) is 6.65. The lowest BCUT2D eigenvalue weighted by Gasteiger charge is -2.42. The van der Waals surface area contributed by atoms with Gasteiger partial charge in [-0.25, -0.2) is 0 Å². The standard InChI is InChI=1S/C24H25F6NO2.ClH/c1-32-14-16-12-22(17-5-3-2-4-6-17)21(8-7-20(16)31-22)33-13-15-9-18(23(25,26)27)11-19(10-15)24(28,29)30;/h2-6,9-11,16,20-21,31H,7-8,12-14H2,1H3;1H/t16-,20-,21+,22+;/m0./s1. The largest absolute Gasteiger partial charge is 0.416 e. The second kappa shape index (κ2) is 10.0. The normalized spacial score (nSPS) is 26.9. The predicted octanol–water partition coefficient (Wildman–Crippen LogP) is 6.35. The summed E-state index contributed by atoms with van der Waals surface area (Å²) in [4.78, 5) is 0. The van der Waals surface area contributed by atoms with E-state index in [1.807, 2.05) is 30.3 Å². The minimum Gasteiger partial charge on any atom is -0.384 e. The van der Waals surface area contributed by atoms with Gasteiger partial charge in [-0.05, 0) is 54.5 Å². The summed E-state index contributed by atoms with van der Waals surface area (Å²) in [5.74, 6) is 0.231. The van der Waals surface area contributed by atoms with Crippen molar-refractivity contribution in [1.29, 1.82) is 0 Å². The lowest BCUT2D eigenvalue weighted by atomic mass is 9.80. The molecule has 1 N–H and O–H groups in total. The summed E-state index contributed by atoms with van der Waals surface area (Å²) in [6.45, 7) is 0.203. The van der Waals surface area contributed by atoms with E-state index in [1.54, 1.807) is 7.11 Å². The SMILES string of the molecule is COC[C@@H]1C[C@]2(c3ccccc3)N[C@H]1CC[C@H]2OCc1cc(C(F)(F)F)cc(C(F)(F)F)c1.Cl. The van der Waals surface area contributed by atoms with Gasteiger partial charge >= 0.3 is 12.4 Å². The van der Waals surface area contributed by atoms with Crippen LogP contribution in [-0.4, -0.2) is 25.9 Å². The lowest BCUT2D eigenvalue weighted by Crippen LogP contribution is -2.54. The Morgan fingerprint density at radius 1 is 0.941 bits per heavy atom. The summed E-state index contributed by atoms with van der Waals surface area (Å²) in [7, 11) is 1.64. The highest BCUT2D eigenvalue weighted by Gasteiger charge is 2.54. The Morgan fingerprint density at radius 3 is 2.12 bits per heavy atom. The van der Waals surface area contributed by atoms with Gasteiger partial charge in [-0.15, -0.1) is 12.4 Å². The van der Waals surface area contributed by atoms with Crippen molar-refractivity contribution in [2.75, 3.05) is 13.7 Å². The molecule has 2 aromatic carbocycles. The van der Waals surface area contributed by atoms with Gasteiger partial charge in [0.15, 0.2) is 0 Å². The van der Waals surface area contributed by atoms with E-state index in [-0.39, 0.29) is 42.6 Å². The summed E-state index contributed by atoms with van der Waals surface area (Å²) in [5.41, 5.74) is -2.43. The highest BCUT2D eigenvalue weighted by molar-refractivity contribution is 5.85. The van der Waals surface area contributed by atoms with E-state index in [9.17, 15) is 26.3 Å². The number of hydrogen-bond donors (Lipinski definition) is 1. The van der Waals surface area contributed by atoms with Gasteiger partial charge in [0.2, 0.25) is 0 Å². The topological polar surface area (TPSA) is 30.5 Å². The Morgan fingerprint density at radius 2 is 1.56 bits per heavy atom. The molecule has 4 rings (SSSR count). The maximum absolute atomic E-state index is 13.2. The second-order valence-electron chi connectivity index (χ2n) is 8.80. The Kier molecular flexibility index (Phi) is 7.92. The first kappa shape index (κ1) is 26.8. The Labute approximate surface area is 200 Å². The second-order valence-corrected chi connectivity index (χ2v) is 8.80. The number of alkyl halides is 6. The minimum atomic E-state index is -4.89. The van der Waals surface area contributed by atoms with Crippen molar-refractivity contribution in [2.45, 2.75) is 55.9 Å². The highest BCUT2D eigenvalue weighted by atomic mass is 35.5. The summed E-state index contributed by atoms with van der Waals surface area (Å²) in [6.07, 6.45) is -8.07. The van der Waals surface area contributed by atoms with Crippen LogP contribution >= 0.6 is 12.4 Å². The number of benzene rings is 2. The molecule has 0 aromatic heterocycles. The fraction of sp³-hybridized carbons (Fsp3) is 0.500. The number of rotatable bonds is 6. The maximum Gasteiger partial charge on any atom is 0.416 e. The van der Waals surface area contributed by atoms with Crippen LogP contribution in [0.5, 0.6) is 0 Å². The van der Waals surface area contributed by atoms with Gasteiger partial charge in [0.1, 0.15) is 0 Å². The summed E-state index contributed by atoms with van der Waals surface area (Å²) in [5, 5.41) is 3.65. The number of piperidine rings is 1. The molecule has 4 atom stereocenters. The zero-order valence-electron chi connectivity index (χ0n) is 18.4. The molecule has 0 aliphatic carbocycles. The van der Waals surface area contributed by atoms with Gasteiger partial charge in [-0.2, -0.15) is 26.3 Å². The maximum atomic E-state index is 13.2. The van der Waals surface area contributed by atoms with Crippen LogP contribution in [0.1, 0.15) is 41.5 Å². The molecule has 2 heterocycles. The van der Waals surface area contributed by atoms with Gasteiger partial charge in [-0.1, -0.05) is 30.3 Å². The zero-order chi connectivity index (χ0) is 23.9. The molecule has 2 fully saturated rings. The molecule has 2 aliphatic rings. The molecular formula is C24H26ClF6NO2. The predicted molar refractivity (Wildman–Crippen MR) is 117 cm³/mol. The molecule has 0 spiro atoms. The number of hydrogen-bond acceptors (Lipinski definition) is 3.